The Morgan fingerprint density at radius 2 is 2.19 bits per heavy atom. The van der Waals surface area contributed by atoms with E-state index in [9.17, 15) is 4.39 Å². The van der Waals surface area contributed by atoms with E-state index in [-0.39, 0.29) is 10.8 Å². The zero-order chi connectivity index (χ0) is 11.1. The Balaban J connectivity index is 1.59. The van der Waals surface area contributed by atoms with Gasteiger partial charge in [-0.3, -0.25) is 0 Å². The zero-order valence-electron chi connectivity index (χ0n) is 9.05. The fourth-order valence-electron chi connectivity index (χ4n) is 2.23. The largest absolute Gasteiger partial charge is 0.314 e. The quantitative estimate of drug-likeness (QED) is 0.850. The highest BCUT2D eigenvalue weighted by Gasteiger charge is 2.39. The molecule has 0 amide bonds. The topological polar surface area (TPSA) is 12.0 Å². The summed E-state index contributed by atoms with van der Waals surface area (Å²) in [6.07, 6.45) is 3.88. The van der Waals surface area contributed by atoms with Gasteiger partial charge in [-0.1, -0.05) is 17.7 Å². The standard InChI is InChI=1S/C13H15ClFN/c14-12-6-8(1-4-13(12)15)11-5-9(11)7-16-10-2-3-10/h1,4,6,9-11,16H,2-3,5,7H2. The Labute approximate surface area is 100.0 Å². The molecule has 2 aliphatic rings. The van der Waals surface area contributed by atoms with E-state index in [2.05, 4.69) is 5.32 Å². The first-order valence-corrected chi connectivity index (χ1v) is 6.30. The van der Waals surface area contributed by atoms with Gasteiger partial charge in [-0.2, -0.15) is 0 Å². The van der Waals surface area contributed by atoms with Crippen LogP contribution in [0.3, 0.4) is 0 Å². The minimum atomic E-state index is -0.321. The number of hydrogen-bond donors (Lipinski definition) is 1. The highest BCUT2D eigenvalue weighted by atomic mass is 35.5. The smallest absolute Gasteiger partial charge is 0.141 e. The summed E-state index contributed by atoms with van der Waals surface area (Å²) < 4.78 is 13.0. The van der Waals surface area contributed by atoms with Crippen molar-refractivity contribution in [2.75, 3.05) is 6.54 Å². The molecule has 0 heterocycles. The van der Waals surface area contributed by atoms with Crippen LogP contribution in [0.25, 0.3) is 0 Å². The number of rotatable bonds is 4. The summed E-state index contributed by atoms with van der Waals surface area (Å²) in [6.45, 7) is 1.10. The third-order valence-corrected chi connectivity index (χ3v) is 3.83. The molecule has 2 atom stereocenters. The van der Waals surface area contributed by atoms with Crippen molar-refractivity contribution in [2.24, 2.45) is 5.92 Å². The number of nitrogens with one attached hydrogen (secondary N) is 1. The lowest BCUT2D eigenvalue weighted by atomic mass is 10.1. The molecule has 3 rings (SSSR count). The van der Waals surface area contributed by atoms with E-state index >= 15 is 0 Å². The average molecular weight is 240 g/mol. The molecule has 2 fully saturated rings. The average Bonchev–Trinajstić information content (AvgIpc) is 3.13. The molecule has 1 nitrogen and oxygen atoms in total. The van der Waals surface area contributed by atoms with Crippen LogP contribution < -0.4 is 5.32 Å². The Kier molecular flexibility index (Phi) is 2.64. The fourth-order valence-corrected chi connectivity index (χ4v) is 2.42. The van der Waals surface area contributed by atoms with Gasteiger partial charge in [-0.05, 0) is 55.3 Å². The SMILES string of the molecule is Fc1ccc(C2CC2CNC2CC2)cc1Cl. The van der Waals surface area contributed by atoms with Crippen molar-refractivity contribution in [3.63, 3.8) is 0 Å². The maximum absolute atomic E-state index is 13.0. The molecule has 0 aliphatic heterocycles. The van der Waals surface area contributed by atoms with Crippen molar-refractivity contribution in [3.05, 3.63) is 34.6 Å². The van der Waals surface area contributed by atoms with E-state index in [1.54, 1.807) is 6.07 Å². The zero-order valence-corrected chi connectivity index (χ0v) is 9.80. The monoisotopic (exact) mass is 239 g/mol. The maximum Gasteiger partial charge on any atom is 0.141 e. The lowest BCUT2D eigenvalue weighted by molar-refractivity contribution is 0.619. The van der Waals surface area contributed by atoms with Crippen molar-refractivity contribution < 1.29 is 4.39 Å². The molecule has 1 aromatic carbocycles. The van der Waals surface area contributed by atoms with Gasteiger partial charge in [-0.15, -0.1) is 0 Å². The molecule has 1 aromatic rings. The van der Waals surface area contributed by atoms with Gasteiger partial charge in [-0.25, -0.2) is 4.39 Å². The van der Waals surface area contributed by atoms with E-state index in [1.807, 2.05) is 6.07 Å². The lowest BCUT2D eigenvalue weighted by Crippen LogP contribution is -2.19. The fraction of sp³-hybridized carbons (Fsp3) is 0.538. The molecular formula is C13H15ClFN. The molecule has 0 spiro atoms. The summed E-state index contributed by atoms with van der Waals surface area (Å²) in [5.41, 5.74) is 1.19. The van der Waals surface area contributed by atoms with Gasteiger partial charge < -0.3 is 5.32 Å². The van der Waals surface area contributed by atoms with E-state index in [0.717, 1.165) is 18.5 Å². The van der Waals surface area contributed by atoms with Gasteiger partial charge in [0, 0.05) is 6.04 Å². The van der Waals surface area contributed by atoms with Crippen LogP contribution in [-0.2, 0) is 0 Å². The summed E-state index contributed by atoms with van der Waals surface area (Å²) >= 11 is 5.78. The van der Waals surface area contributed by atoms with Crippen LogP contribution in [0.4, 0.5) is 4.39 Å². The molecule has 2 unspecified atom stereocenters. The van der Waals surface area contributed by atoms with Gasteiger partial charge in [0.1, 0.15) is 5.82 Å². The first-order valence-electron chi connectivity index (χ1n) is 5.92. The highest BCUT2D eigenvalue weighted by Crippen LogP contribution is 2.47. The maximum atomic E-state index is 13.0. The predicted molar refractivity (Wildman–Crippen MR) is 63.3 cm³/mol. The van der Waals surface area contributed by atoms with Gasteiger partial charge in [0.25, 0.3) is 0 Å². The molecule has 16 heavy (non-hydrogen) atoms. The summed E-state index contributed by atoms with van der Waals surface area (Å²) in [4.78, 5) is 0. The Bertz CT molecular complexity index is 403. The molecule has 1 N–H and O–H groups in total. The molecule has 0 bridgehead atoms. The van der Waals surface area contributed by atoms with Gasteiger partial charge in [0.15, 0.2) is 0 Å². The minimum absolute atomic E-state index is 0.248. The molecule has 3 heteroatoms. The van der Waals surface area contributed by atoms with Gasteiger partial charge in [0.2, 0.25) is 0 Å². The molecule has 0 saturated heterocycles. The second-order valence-corrected chi connectivity index (χ2v) is 5.37. The third kappa shape index (κ3) is 2.23. The van der Waals surface area contributed by atoms with Crippen molar-refractivity contribution in [2.45, 2.75) is 31.2 Å². The lowest BCUT2D eigenvalue weighted by Gasteiger charge is -2.03. The van der Waals surface area contributed by atoms with Crippen LogP contribution in [0.2, 0.25) is 5.02 Å². The second kappa shape index (κ2) is 4.01. The Morgan fingerprint density at radius 1 is 1.38 bits per heavy atom. The number of hydrogen-bond acceptors (Lipinski definition) is 1. The van der Waals surface area contributed by atoms with E-state index in [4.69, 9.17) is 11.6 Å². The van der Waals surface area contributed by atoms with Crippen molar-refractivity contribution in [1.29, 1.82) is 0 Å². The van der Waals surface area contributed by atoms with E-state index in [1.165, 1.54) is 30.9 Å². The third-order valence-electron chi connectivity index (χ3n) is 3.54. The highest BCUT2D eigenvalue weighted by molar-refractivity contribution is 6.30. The normalized spacial score (nSPS) is 28.1. The van der Waals surface area contributed by atoms with Gasteiger partial charge >= 0.3 is 0 Å². The summed E-state index contributed by atoms with van der Waals surface area (Å²) in [6, 6.07) is 5.89. The van der Waals surface area contributed by atoms with Crippen molar-refractivity contribution >= 4 is 11.6 Å². The van der Waals surface area contributed by atoms with Crippen LogP contribution >= 0.6 is 11.6 Å². The first kappa shape index (κ1) is 10.5. The number of benzene rings is 1. The van der Waals surface area contributed by atoms with Gasteiger partial charge in [0.05, 0.1) is 5.02 Å². The Hall–Kier alpha value is -0.600. The van der Waals surface area contributed by atoms with Crippen molar-refractivity contribution in [1.82, 2.24) is 5.32 Å². The van der Waals surface area contributed by atoms with Crippen LogP contribution in [0.5, 0.6) is 0 Å². The molecule has 0 aromatic heterocycles. The predicted octanol–water partition coefficient (Wildman–Crippen LogP) is 3.33. The summed E-state index contributed by atoms with van der Waals surface area (Å²) in [5, 5.41) is 3.79. The molecular weight excluding hydrogens is 225 g/mol. The van der Waals surface area contributed by atoms with Crippen LogP contribution in [0, 0.1) is 11.7 Å². The van der Waals surface area contributed by atoms with Crippen molar-refractivity contribution in [3.8, 4) is 0 Å². The Morgan fingerprint density at radius 3 is 2.88 bits per heavy atom. The molecule has 86 valence electrons. The van der Waals surface area contributed by atoms with E-state index in [0.29, 0.717) is 5.92 Å². The van der Waals surface area contributed by atoms with Crippen LogP contribution in [-0.4, -0.2) is 12.6 Å². The molecule has 2 aliphatic carbocycles. The summed E-state index contributed by atoms with van der Waals surface area (Å²) in [7, 11) is 0. The molecule has 2 saturated carbocycles. The second-order valence-electron chi connectivity index (χ2n) is 4.96. The first-order chi connectivity index (χ1) is 7.74. The van der Waals surface area contributed by atoms with Crippen LogP contribution in [0.15, 0.2) is 18.2 Å². The van der Waals surface area contributed by atoms with Crippen LogP contribution in [0.1, 0.15) is 30.7 Å². The van der Waals surface area contributed by atoms with E-state index < -0.39 is 0 Å². The minimum Gasteiger partial charge on any atom is -0.314 e. The molecule has 0 radical (unpaired) electrons. The summed E-state index contributed by atoms with van der Waals surface area (Å²) in [5.74, 6) is 0.991. The number of halogens is 2.